The molecule has 6 heteroatoms. The molecule has 1 aromatic carbocycles. The molecular weight excluding hydrogens is 242 g/mol. The summed E-state index contributed by atoms with van der Waals surface area (Å²) in [6.07, 6.45) is 3.11. The molecule has 2 rings (SSSR count). The lowest BCUT2D eigenvalue weighted by molar-refractivity contribution is 0.102. The van der Waals surface area contributed by atoms with Gasteiger partial charge in [0, 0.05) is 18.9 Å². The zero-order valence-corrected chi connectivity index (χ0v) is 10.1. The number of hydrogen-bond acceptors (Lipinski definition) is 4. The minimum absolute atomic E-state index is 0.223. The first-order chi connectivity index (χ1) is 9.13. The topological polar surface area (TPSA) is 94.5 Å². The van der Waals surface area contributed by atoms with E-state index in [1.165, 1.54) is 18.5 Å². The largest absolute Gasteiger partial charge is 0.340 e. The van der Waals surface area contributed by atoms with E-state index >= 15 is 0 Å². The quantitative estimate of drug-likeness (QED) is 0.873. The second-order valence-electron chi connectivity index (χ2n) is 3.86. The Hall–Kier alpha value is -3.12. The molecule has 1 heterocycles. The maximum atomic E-state index is 11.8. The van der Waals surface area contributed by atoms with Crippen LogP contribution in [0.4, 0.5) is 5.69 Å². The summed E-state index contributed by atoms with van der Waals surface area (Å²) in [5.74, 6) is -0.366. The van der Waals surface area contributed by atoms with E-state index in [1.807, 2.05) is 12.1 Å². The van der Waals surface area contributed by atoms with Gasteiger partial charge in [0.05, 0.1) is 17.5 Å². The van der Waals surface area contributed by atoms with Gasteiger partial charge < -0.3 is 9.88 Å². The smallest absolute Gasteiger partial charge is 0.275 e. The molecule has 0 aliphatic rings. The molecule has 1 N–H and O–H groups in total. The van der Waals surface area contributed by atoms with Crippen LogP contribution in [0.5, 0.6) is 0 Å². The standard InChI is InChI=1S/C13H9N5O/c1-18-7-12(16-8-18)13(19)17-11-3-2-9(5-14)10(4-11)6-15/h2-4,7-8H,1H3,(H,17,19). The van der Waals surface area contributed by atoms with Crippen molar-refractivity contribution in [3.63, 3.8) is 0 Å². The minimum Gasteiger partial charge on any atom is -0.340 e. The molecule has 1 aromatic heterocycles. The number of carbonyl (C=O) groups excluding carboxylic acids is 1. The van der Waals surface area contributed by atoms with Gasteiger partial charge in [-0.1, -0.05) is 0 Å². The summed E-state index contributed by atoms with van der Waals surface area (Å²) in [4.78, 5) is 15.8. The third-order valence-corrected chi connectivity index (χ3v) is 2.46. The minimum atomic E-state index is -0.366. The van der Waals surface area contributed by atoms with E-state index in [0.717, 1.165) is 0 Å². The Morgan fingerprint density at radius 2 is 2.05 bits per heavy atom. The van der Waals surface area contributed by atoms with E-state index in [4.69, 9.17) is 10.5 Å². The molecular formula is C13H9N5O. The normalized spacial score (nSPS) is 9.42. The van der Waals surface area contributed by atoms with Gasteiger partial charge in [0.15, 0.2) is 0 Å². The average Bonchev–Trinajstić information content (AvgIpc) is 2.85. The van der Waals surface area contributed by atoms with Gasteiger partial charge in [0.2, 0.25) is 0 Å². The van der Waals surface area contributed by atoms with Gasteiger partial charge in [-0.2, -0.15) is 10.5 Å². The number of hydrogen-bond donors (Lipinski definition) is 1. The molecule has 0 fully saturated rings. The predicted molar refractivity (Wildman–Crippen MR) is 67.0 cm³/mol. The summed E-state index contributed by atoms with van der Waals surface area (Å²) in [6, 6.07) is 8.34. The SMILES string of the molecule is Cn1cnc(C(=O)Nc2ccc(C#N)c(C#N)c2)c1. The Kier molecular flexibility index (Phi) is 3.26. The van der Waals surface area contributed by atoms with Crippen molar-refractivity contribution < 1.29 is 4.79 Å². The van der Waals surface area contributed by atoms with E-state index in [0.29, 0.717) is 5.69 Å². The summed E-state index contributed by atoms with van der Waals surface area (Å²) < 4.78 is 1.66. The van der Waals surface area contributed by atoms with Crippen LogP contribution in [-0.4, -0.2) is 15.5 Å². The first-order valence-electron chi connectivity index (χ1n) is 5.37. The molecule has 0 radical (unpaired) electrons. The van der Waals surface area contributed by atoms with Crippen molar-refractivity contribution in [2.75, 3.05) is 5.32 Å². The predicted octanol–water partition coefficient (Wildman–Crippen LogP) is 1.42. The van der Waals surface area contributed by atoms with Crippen LogP contribution < -0.4 is 5.32 Å². The number of nitriles is 2. The van der Waals surface area contributed by atoms with Crippen molar-refractivity contribution in [3.8, 4) is 12.1 Å². The Balaban J connectivity index is 2.23. The highest BCUT2D eigenvalue weighted by Crippen LogP contribution is 2.15. The summed E-state index contributed by atoms with van der Waals surface area (Å²) in [5.41, 5.74) is 1.23. The monoisotopic (exact) mass is 251 g/mol. The zero-order valence-electron chi connectivity index (χ0n) is 10.1. The number of nitrogens with one attached hydrogen (secondary N) is 1. The van der Waals surface area contributed by atoms with E-state index in [1.54, 1.807) is 23.9 Å². The Morgan fingerprint density at radius 3 is 2.63 bits per heavy atom. The van der Waals surface area contributed by atoms with E-state index in [9.17, 15) is 4.79 Å². The fourth-order valence-electron chi connectivity index (χ4n) is 1.54. The van der Waals surface area contributed by atoms with Crippen LogP contribution >= 0.6 is 0 Å². The molecule has 0 bridgehead atoms. The summed E-state index contributed by atoms with van der Waals surface area (Å²) in [6.45, 7) is 0. The molecule has 0 saturated carbocycles. The molecule has 0 atom stereocenters. The van der Waals surface area contributed by atoms with Gasteiger partial charge in [-0.25, -0.2) is 4.98 Å². The number of anilines is 1. The van der Waals surface area contributed by atoms with Gasteiger partial charge >= 0.3 is 0 Å². The van der Waals surface area contributed by atoms with Crippen molar-refractivity contribution in [3.05, 3.63) is 47.5 Å². The zero-order chi connectivity index (χ0) is 13.8. The lowest BCUT2D eigenvalue weighted by atomic mass is 10.1. The van der Waals surface area contributed by atoms with Gasteiger partial charge in [0.1, 0.15) is 17.8 Å². The molecule has 6 nitrogen and oxygen atoms in total. The van der Waals surface area contributed by atoms with Gasteiger partial charge in [-0.05, 0) is 18.2 Å². The molecule has 92 valence electrons. The van der Waals surface area contributed by atoms with Crippen molar-refractivity contribution in [1.82, 2.24) is 9.55 Å². The third-order valence-electron chi connectivity index (χ3n) is 2.46. The van der Waals surface area contributed by atoms with Crippen LogP contribution in [0.2, 0.25) is 0 Å². The molecule has 19 heavy (non-hydrogen) atoms. The first-order valence-corrected chi connectivity index (χ1v) is 5.37. The second kappa shape index (κ2) is 5.03. The number of aryl methyl sites for hydroxylation is 1. The van der Waals surface area contributed by atoms with E-state index in [-0.39, 0.29) is 22.7 Å². The van der Waals surface area contributed by atoms with Crippen LogP contribution in [0.3, 0.4) is 0 Å². The first kappa shape index (κ1) is 12.3. The van der Waals surface area contributed by atoms with E-state index in [2.05, 4.69) is 10.3 Å². The van der Waals surface area contributed by atoms with Gasteiger partial charge in [-0.15, -0.1) is 0 Å². The summed E-state index contributed by atoms with van der Waals surface area (Å²) in [7, 11) is 1.76. The number of amides is 1. The Morgan fingerprint density at radius 1 is 1.32 bits per heavy atom. The maximum Gasteiger partial charge on any atom is 0.275 e. The number of carbonyl (C=O) groups is 1. The van der Waals surface area contributed by atoms with Crippen LogP contribution in [0.1, 0.15) is 21.6 Å². The highest BCUT2D eigenvalue weighted by molar-refractivity contribution is 6.02. The van der Waals surface area contributed by atoms with Crippen LogP contribution in [0.15, 0.2) is 30.7 Å². The number of imidazole rings is 1. The van der Waals surface area contributed by atoms with Crippen molar-refractivity contribution in [1.29, 1.82) is 10.5 Å². The van der Waals surface area contributed by atoms with Crippen LogP contribution in [-0.2, 0) is 7.05 Å². The molecule has 0 spiro atoms. The molecule has 2 aromatic rings. The maximum absolute atomic E-state index is 11.8. The molecule has 0 aliphatic heterocycles. The highest BCUT2D eigenvalue weighted by atomic mass is 16.1. The molecule has 0 aliphatic carbocycles. The number of nitrogens with zero attached hydrogens (tertiary/aromatic N) is 4. The Bertz CT molecular complexity index is 717. The van der Waals surface area contributed by atoms with Crippen molar-refractivity contribution >= 4 is 11.6 Å². The lowest BCUT2D eigenvalue weighted by Crippen LogP contribution is -2.12. The number of benzene rings is 1. The van der Waals surface area contributed by atoms with Crippen LogP contribution in [0.25, 0.3) is 0 Å². The number of aromatic nitrogens is 2. The fraction of sp³-hybridized carbons (Fsp3) is 0.0769. The second-order valence-corrected chi connectivity index (χ2v) is 3.86. The Labute approximate surface area is 109 Å². The lowest BCUT2D eigenvalue weighted by Gasteiger charge is -2.04. The number of rotatable bonds is 2. The van der Waals surface area contributed by atoms with Gasteiger partial charge in [0.25, 0.3) is 5.91 Å². The summed E-state index contributed by atoms with van der Waals surface area (Å²) >= 11 is 0. The van der Waals surface area contributed by atoms with Crippen molar-refractivity contribution in [2.24, 2.45) is 7.05 Å². The van der Waals surface area contributed by atoms with E-state index < -0.39 is 0 Å². The van der Waals surface area contributed by atoms with Gasteiger partial charge in [-0.3, -0.25) is 4.79 Å². The molecule has 1 amide bonds. The van der Waals surface area contributed by atoms with Crippen molar-refractivity contribution in [2.45, 2.75) is 0 Å². The molecule has 0 saturated heterocycles. The molecule has 0 unspecified atom stereocenters. The summed E-state index contributed by atoms with van der Waals surface area (Å²) in [5, 5.41) is 20.3. The average molecular weight is 251 g/mol. The highest BCUT2D eigenvalue weighted by Gasteiger charge is 2.10. The third kappa shape index (κ3) is 2.59. The van der Waals surface area contributed by atoms with Crippen LogP contribution in [0, 0.1) is 22.7 Å². The fourth-order valence-corrected chi connectivity index (χ4v) is 1.54.